The van der Waals surface area contributed by atoms with E-state index in [1.54, 1.807) is 25.3 Å². The number of aromatic nitrogens is 1. The molecule has 1 heterocycles. The molecule has 0 fully saturated rings. The molecular formula is C18H18N2O4. The molecule has 0 aliphatic heterocycles. The first-order chi connectivity index (χ1) is 11.7. The Hall–Kier alpha value is -3.02. The van der Waals surface area contributed by atoms with Gasteiger partial charge in [-0.05, 0) is 31.2 Å². The highest BCUT2D eigenvalue weighted by atomic mass is 16.5. The zero-order chi connectivity index (χ0) is 16.9. The van der Waals surface area contributed by atoms with E-state index >= 15 is 0 Å². The number of ether oxygens (including phenoxy) is 2. The van der Waals surface area contributed by atoms with Crippen LogP contribution < -0.4 is 14.8 Å². The Morgan fingerprint density at radius 1 is 1.21 bits per heavy atom. The summed E-state index contributed by atoms with van der Waals surface area (Å²) in [6, 6.07) is 12.7. The summed E-state index contributed by atoms with van der Waals surface area (Å²) in [6.07, 6.45) is 0.131. The Labute approximate surface area is 139 Å². The average Bonchev–Trinajstić information content (AvgIpc) is 2.99. The molecule has 0 aliphatic rings. The second-order valence-corrected chi connectivity index (χ2v) is 5.15. The minimum atomic E-state index is -0.180. The van der Waals surface area contributed by atoms with Crippen LogP contribution in [0.15, 0.2) is 47.0 Å². The molecule has 124 valence electrons. The summed E-state index contributed by atoms with van der Waals surface area (Å²) in [7, 11) is 1.56. The Balaban J connectivity index is 1.73. The number of fused-ring (bicyclic) bond motifs is 1. The molecule has 1 amide bonds. The molecular weight excluding hydrogens is 308 g/mol. The van der Waals surface area contributed by atoms with Crippen LogP contribution in [0.5, 0.6) is 11.5 Å². The first kappa shape index (κ1) is 15.9. The molecule has 1 N–H and O–H groups in total. The fourth-order valence-corrected chi connectivity index (χ4v) is 2.44. The Morgan fingerprint density at radius 2 is 2.04 bits per heavy atom. The van der Waals surface area contributed by atoms with E-state index in [1.807, 2.05) is 31.2 Å². The van der Waals surface area contributed by atoms with Crippen LogP contribution in [0.2, 0.25) is 0 Å². The molecule has 6 nitrogen and oxygen atoms in total. The van der Waals surface area contributed by atoms with E-state index in [1.165, 1.54) is 0 Å². The summed E-state index contributed by atoms with van der Waals surface area (Å²) in [4.78, 5) is 12.3. The van der Waals surface area contributed by atoms with Crippen molar-refractivity contribution in [3.05, 3.63) is 48.2 Å². The fraction of sp³-hybridized carbons (Fsp3) is 0.222. The maximum atomic E-state index is 12.3. The minimum absolute atomic E-state index is 0.131. The van der Waals surface area contributed by atoms with Crippen molar-refractivity contribution in [3.8, 4) is 11.5 Å². The molecule has 3 rings (SSSR count). The molecule has 0 spiro atoms. The van der Waals surface area contributed by atoms with Gasteiger partial charge in [-0.25, -0.2) is 0 Å². The Bertz CT molecular complexity index is 857. The van der Waals surface area contributed by atoms with Crippen LogP contribution in [0, 0.1) is 0 Å². The number of benzene rings is 2. The SMILES string of the molecule is CCOc1ccc(NC(=O)Cc2noc3ccccc23)cc1OC. The smallest absolute Gasteiger partial charge is 0.230 e. The second kappa shape index (κ2) is 7.04. The summed E-state index contributed by atoms with van der Waals surface area (Å²) in [5.74, 6) is 1.03. The zero-order valence-corrected chi connectivity index (χ0v) is 13.5. The van der Waals surface area contributed by atoms with Gasteiger partial charge in [0.05, 0.1) is 20.1 Å². The van der Waals surface area contributed by atoms with Crippen LogP contribution in [0.3, 0.4) is 0 Å². The first-order valence-electron chi connectivity index (χ1n) is 7.65. The number of hydrogen-bond acceptors (Lipinski definition) is 5. The van der Waals surface area contributed by atoms with Gasteiger partial charge in [0, 0.05) is 17.1 Å². The lowest BCUT2D eigenvalue weighted by Gasteiger charge is -2.11. The highest BCUT2D eigenvalue weighted by molar-refractivity contribution is 5.94. The van der Waals surface area contributed by atoms with Gasteiger partial charge < -0.3 is 19.3 Å². The summed E-state index contributed by atoms with van der Waals surface area (Å²) < 4.78 is 16.0. The number of para-hydroxylation sites is 1. The third-order valence-electron chi connectivity index (χ3n) is 3.53. The summed E-state index contributed by atoms with van der Waals surface area (Å²) in [6.45, 7) is 2.44. The summed E-state index contributed by atoms with van der Waals surface area (Å²) >= 11 is 0. The number of carbonyl (C=O) groups is 1. The first-order valence-corrected chi connectivity index (χ1v) is 7.65. The van der Waals surface area contributed by atoms with Gasteiger partial charge >= 0.3 is 0 Å². The standard InChI is InChI=1S/C18H18N2O4/c1-3-23-16-9-8-12(10-17(16)22-2)19-18(21)11-14-13-6-4-5-7-15(13)24-20-14/h4-10H,3,11H2,1-2H3,(H,19,21). The Morgan fingerprint density at radius 3 is 2.83 bits per heavy atom. The van der Waals surface area contributed by atoms with E-state index in [9.17, 15) is 4.79 Å². The van der Waals surface area contributed by atoms with Crippen molar-refractivity contribution >= 4 is 22.6 Å². The van der Waals surface area contributed by atoms with E-state index in [0.717, 1.165) is 5.39 Å². The monoisotopic (exact) mass is 326 g/mol. The van der Waals surface area contributed by atoms with Gasteiger partial charge in [0.2, 0.25) is 5.91 Å². The van der Waals surface area contributed by atoms with Crippen LogP contribution >= 0.6 is 0 Å². The molecule has 24 heavy (non-hydrogen) atoms. The molecule has 1 aromatic heterocycles. The second-order valence-electron chi connectivity index (χ2n) is 5.15. The van der Waals surface area contributed by atoms with E-state index in [2.05, 4.69) is 10.5 Å². The number of nitrogens with zero attached hydrogens (tertiary/aromatic N) is 1. The molecule has 0 bridgehead atoms. The van der Waals surface area contributed by atoms with E-state index < -0.39 is 0 Å². The molecule has 0 atom stereocenters. The van der Waals surface area contributed by atoms with Gasteiger partial charge in [0.15, 0.2) is 17.1 Å². The topological polar surface area (TPSA) is 73.6 Å². The number of carbonyl (C=O) groups excluding carboxylic acids is 1. The maximum Gasteiger partial charge on any atom is 0.230 e. The molecule has 3 aromatic rings. The van der Waals surface area contributed by atoms with Crippen molar-refractivity contribution in [1.82, 2.24) is 5.16 Å². The molecule has 0 radical (unpaired) electrons. The van der Waals surface area contributed by atoms with Gasteiger partial charge in [0.1, 0.15) is 5.69 Å². The van der Waals surface area contributed by atoms with E-state index in [-0.39, 0.29) is 12.3 Å². The average molecular weight is 326 g/mol. The number of methoxy groups -OCH3 is 1. The van der Waals surface area contributed by atoms with E-state index in [4.69, 9.17) is 14.0 Å². The number of rotatable bonds is 6. The lowest BCUT2D eigenvalue weighted by molar-refractivity contribution is -0.115. The van der Waals surface area contributed by atoms with E-state index in [0.29, 0.717) is 35.1 Å². The van der Waals surface area contributed by atoms with Crippen LogP contribution in [0.1, 0.15) is 12.6 Å². The van der Waals surface area contributed by atoms with Gasteiger partial charge in [-0.1, -0.05) is 17.3 Å². The molecule has 0 saturated carbocycles. The number of nitrogens with one attached hydrogen (secondary N) is 1. The summed E-state index contributed by atoms with van der Waals surface area (Å²) in [5.41, 5.74) is 1.91. The molecule has 6 heteroatoms. The van der Waals surface area contributed by atoms with Gasteiger partial charge in [-0.2, -0.15) is 0 Å². The van der Waals surface area contributed by atoms with Crippen LogP contribution in [0.4, 0.5) is 5.69 Å². The highest BCUT2D eigenvalue weighted by Gasteiger charge is 2.13. The quantitative estimate of drug-likeness (QED) is 0.751. The van der Waals surface area contributed by atoms with Crippen molar-refractivity contribution in [3.63, 3.8) is 0 Å². The third kappa shape index (κ3) is 3.32. The molecule has 2 aromatic carbocycles. The predicted octanol–water partition coefficient (Wildman–Crippen LogP) is 3.42. The maximum absolute atomic E-state index is 12.3. The van der Waals surface area contributed by atoms with Crippen LogP contribution in [0.25, 0.3) is 11.0 Å². The van der Waals surface area contributed by atoms with Crippen molar-refractivity contribution < 1.29 is 18.8 Å². The van der Waals surface area contributed by atoms with Gasteiger partial charge in [-0.15, -0.1) is 0 Å². The lowest BCUT2D eigenvalue weighted by atomic mass is 10.1. The van der Waals surface area contributed by atoms with Crippen molar-refractivity contribution in [2.24, 2.45) is 0 Å². The zero-order valence-electron chi connectivity index (χ0n) is 13.5. The van der Waals surface area contributed by atoms with Crippen LogP contribution in [-0.4, -0.2) is 24.8 Å². The molecule has 0 unspecified atom stereocenters. The third-order valence-corrected chi connectivity index (χ3v) is 3.53. The number of anilines is 1. The van der Waals surface area contributed by atoms with Crippen molar-refractivity contribution in [2.75, 3.05) is 19.0 Å². The lowest BCUT2D eigenvalue weighted by Crippen LogP contribution is -2.14. The normalized spacial score (nSPS) is 10.6. The largest absolute Gasteiger partial charge is 0.493 e. The highest BCUT2D eigenvalue weighted by Crippen LogP contribution is 2.30. The van der Waals surface area contributed by atoms with Crippen molar-refractivity contribution in [1.29, 1.82) is 0 Å². The number of hydrogen-bond donors (Lipinski definition) is 1. The van der Waals surface area contributed by atoms with Gasteiger partial charge in [-0.3, -0.25) is 4.79 Å². The predicted molar refractivity (Wildman–Crippen MR) is 90.5 cm³/mol. The van der Waals surface area contributed by atoms with Crippen LogP contribution in [-0.2, 0) is 11.2 Å². The Kier molecular flexibility index (Phi) is 4.65. The minimum Gasteiger partial charge on any atom is -0.493 e. The molecule has 0 saturated heterocycles. The molecule has 0 aliphatic carbocycles. The van der Waals surface area contributed by atoms with Gasteiger partial charge in [0.25, 0.3) is 0 Å². The number of amides is 1. The van der Waals surface area contributed by atoms with Crippen molar-refractivity contribution in [2.45, 2.75) is 13.3 Å². The fourth-order valence-electron chi connectivity index (χ4n) is 2.44. The summed E-state index contributed by atoms with van der Waals surface area (Å²) in [5, 5.41) is 7.65.